The molecular weight excluding hydrogens is 236 g/mol. The molecule has 0 amide bonds. The van der Waals surface area contributed by atoms with Crippen LogP contribution in [0, 0.1) is 0 Å². The van der Waals surface area contributed by atoms with Gasteiger partial charge in [-0.2, -0.15) is 0 Å². The number of hydrogen-bond donors (Lipinski definition) is 1. The Morgan fingerprint density at radius 3 is 2.35 bits per heavy atom. The average molecular weight is 250 g/mol. The number of carbonyl (C=O) groups excluding carboxylic acids is 2. The summed E-state index contributed by atoms with van der Waals surface area (Å²) in [5, 5.41) is 0.119. The van der Waals surface area contributed by atoms with Gasteiger partial charge in [-0.3, -0.25) is 9.59 Å². The molecule has 0 aromatic heterocycles. The lowest BCUT2D eigenvalue weighted by Crippen LogP contribution is -2.39. The van der Waals surface area contributed by atoms with Gasteiger partial charge < -0.3 is 10.6 Å². The van der Waals surface area contributed by atoms with Crippen LogP contribution in [0.4, 0.5) is 5.69 Å². The van der Waals surface area contributed by atoms with E-state index in [-0.39, 0.29) is 29.6 Å². The Morgan fingerprint density at radius 2 is 1.88 bits per heavy atom. The molecule has 17 heavy (non-hydrogen) atoms. The molecule has 1 aromatic carbocycles. The smallest absolute Gasteiger partial charge is 0.171 e. The third kappa shape index (κ3) is 4.32. The monoisotopic (exact) mass is 250 g/mol. The Kier molecular flexibility index (Phi) is 4.78. The van der Waals surface area contributed by atoms with Crippen LogP contribution in [0.2, 0.25) is 0 Å². The van der Waals surface area contributed by atoms with Crippen molar-refractivity contribution in [2.45, 2.75) is 13.3 Å². The summed E-state index contributed by atoms with van der Waals surface area (Å²) in [4.78, 5) is 23.9. The molecule has 0 saturated carbocycles. The summed E-state index contributed by atoms with van der Waals surface area (Å²) in [5.41, 5.74) is 6.32. The second-order valence-electron chi connectivity index (χ2n) is 3.68. The Hall–Kier alpha value is -1.75. The number of Topliss-reactive ketones (excluding diaryl/α,β-unsaturated/α-hetero) is 2. The summed E-state index contributed by atoms with van der Waals surface area (Å²) in [5.74, 6) is -0.361. The molecule has 4 nitrogen and oxygen atoms in total. The van der Waals surface area contributed by atoms with Crippen molar-refractivity contribution >= 4 is 34.6 Å². The summed E-state index contributed by atoms with van der Waals surface area (Å²) in [6.07, 6.45) is -0.0913. The summed E-state index contributed by atoms with van der Waals surface area (Å²) >= 11 is 4.90. The third-order valence-electron chi connectivity index (χ3n) is 2.11. The maximum absolute atomic E-state index is 11.6. The Bertz CT molecular complexity index is 431. The zero-order chi connectivity index (χ0) is 12.8. The molecule has 0 aliphatic rings. The quantitative estimate of drug-likeness (QED) is 0.630. The van der Waals surface area contributed by atoms with Gasteiger partial charge in [0.15, 0.2) is 10.9 Å². The molecular formula is C12H14N2O2S. The minimum absolute atomic E-state index is 0.0267. The summed E-state index contributed by atoms with van der Waals surface area (Å²) < 4.78 is 0. The molecule has 0 bridgehead atoms. The third-order valence-corrected chi connectivity index (χ3v) is 2.33. The highest BCUT2D eigenvalue weighted by Crippen LogP contribution is 2.13. The first-order valence-electron chi connectivity index (χ1n) is 5.14. The van der Waals surface area contributed by atoms with Crippen LogP contribution in [0.3, 0.4) is 0 Å². The number of rotatable bonds is 5. The van der Waals surface area contributed by atoms with Crippen molar-refractivity contribution in [3.05, 3.63) is 30.3 Å². The topological polar surface area (TPSA) is 63.4 Å². The summed E-state index contributed by atoms with van der Waals surface area (Å²) in [7, 11) is 0. The van der Waals surface area contributed by atoms with Crippen molar-refractivity contribution < 1.29 is 9.59 Å². The number of para-hydroxylation sites is 1. The first-order valence-corrected chi connectivity index (χ1v) is 5.54. The van der Waals surface area contributed by atoms with E-state index in [4.69, 9.17) is 18.0 Å². The molecule has 0 fully saturated rings. The van der Waals surface area contributed by atoms with Gasteiger partial charge in [-0.25, -0.2) is 0 Å². The maximum Gasteiger partial charge on any atom is 0.171 e. The molecule has 0 saturated heterocycles. The zero-order valence-corrected chi connectivity index (χ0v) is 10.4. The van der Waals surface area contributed by atoms with Crippen LogP contribution in [0.15, 0.2) is 30.3 Å². The standard InChI is InChI=1S/C12H14N2O2S/c1-9(15)7-11(16)8-14(12(13)17)10-5-3-2-4-6-10/h2-6H,7-8H2,1H3,(H2,13,17). The molecule has 2 N–H and O–H groups in total. The molecule has 0 heterocycles. The van der Waals surface area contributed by atoms with E-state index in [9.17, 15) is 9.59 Å². The largest absolute Gasteiger partial charge is 0.376 e. The minimum atomic E-state index is -0.200. The number of carbonyl (C=O) groups is 2. The number of ketones is 2. The molecule has 1 rings (SSSR count). The molecule has 0 atom stereocenters. The molecule has 0 aliphatic carbocycles. The van der Waals surface area contributed by atoms with Crippen LogP contribution in [0.1, 0.15) is 13.3 Å². The van der Waals surface area contributed by atoms with Gasteiger partial charge in [-0.15, -0.1) is 0 Å². The fraction of sp³-hybridized carbons (Fsp3) is 0.250. The van der Waals surface area contributed by atoms with E-state index in [1.807, 2.05) is 18.2 Å². The van der Waals surface area contributed by atoms with E-state index in [1.165, 1.54) is 11.8 Å². The predicted octanol–water partition coefficient (Wildman–Crippen LogP) is 1.28. The summed E-state index contributed by atoms with van der Waals surface area (Å²) in [6, 6.07) is 9.13. The van der Waals surface area contributed by atoms with Crippen molar-refractivity contribution in [3.63, 3.8) is 0 Å². The predicted molar refractivity (Wildman–Crippen MR) is 70.9 cm³/mol. The molecule has 0 radical (unpaired) electrons. The van der Waals surface area contributed by atoms with Crippen LogP contribution in [-0.2, 0) is 9.59 Å². The van der Waals surface area contributed by atoms with Crippen molar-refractivity contribution in [3.8, 4) is 0 Å². The van der Waals surface area contributed by atoms with Gasteiger partial charge in [0.05, 0.1) is 13.0 Å². The number of benzene rings is 1. The number of thiocarbonyl (C=S) groups is 1. The van der Waals surface area contributed by atoms with Gasteiger partial charge in [0.1, 0.15) is 5.78 Å². The highest BCUT2D eigenvalue weighted by Gasteiger charge is 2.14. The highest BCUT2D eigenvalue weighted by atomic mass is 32.1. The second kappa shape index (κ2) is 6.10. The second-order valence-corrected chi connectivity index (χ2v) is 4.10. The van der Waals surface area contributed by atoms with E-state index < -0.39 is 0 Å². The Balaban J connectivity index is 2.78. The number of nitrogens with zero attached hydrogens (tertiary/aromatic N) is 1. The lowest BCUT2D eigenvalue weighted by Gasteiger charge is -2.21. The van der Waals surface area contributed by atoms with Gasteiger partial charge in [-0.05, 0) is 31.3 Å². The van der Waals surface area contributed by atoms with Gasteiger partial charge >= 0.3 is 0 Å². The Morgan fingerprint density at radius 1 is 1.29 bits per heavy atom. The molecule has 1 aromatic rings. The Labute approximate surface area is 105 Å². The first-order chi connectivity index (χ1) is 8.00. The van der Waals surface area contributed by atoms with Crippen molar-refractivity contribution in [2.75, 3.05) is 11.4 Å². The highest BCUT2D eigenvalue weighted by molar-refractivity contribution is 7.80. The number of hydrogen-bond acceptors (Lipinski definition) is 3. The van der Waals surface area contributed by atoms with Crippen LogP contribution in [0.5, 0.6) is 0 Å². The SMILES string of the molecule is CC(=O)CC(=O)CN(C(N)=S)c1ccccc1. The average Bonchev–Trinajstić information content (AvgIpc) is 2.25. The normalized spacial score (nSPS) is 9.71. The molecule has 0 unspecified atom stereocenters. The maximum atomic E-state index is 11.6. The number of anilines is 1. The van der Waals surface area contributed by atoms with E-state index in [0.29, 0.717) is 0 Å². The van der Waals surface area contributed by atoms with E-state index >= 15 is 0 Å². The van der Waals surface area contributed by atoms with E-state index in [2.05, 4.69) is 0 Å². The minimum Gasteiger partial charge on any atom is -0.376 e. The molecule has 0 aliphatic heterocycles. The lowest BCUT2D eigenvalue weighted by atomic mass is 10.2. The van der Waals surface area contributed by atoms with Crippen LogP contribution < -0.4 is 10.6 Å². The van der Waals surface area contributed by atoms with Crippen molar-refractivity contribution in [1.29, 1.82) is 0 Å². The van der Waals surface area contributed by atoms with Crippen LogP contribution in [0.25, 0.3) is 0 Å². The van der Waals surface area contributed by atoms with Crippen LogP contribution >= 0.6 is 12.2 Å². The molecule has 90 valence electrons. The number of nitrogens with two attached hydrogens (primary N) is 1. The first kappa shape index (κ1) is 13.3. The van der Waals surface area contributed by atoms with Crippen molar-refractivity contribution in [1.82, 2.24) is 0 Å². The zero-order valence-electron chi connectivity index (χ0n) is 9.55. The van der Waals surface area contributed by atoms with E-state index in [0.717, 1.165) is 5.69 Å². The fourth-order valence-electron chi connectivity index (χ4n) is 1.41. The molecule has 5 heteroatoms. The fourth-order valence-corrected chi connectivity index (χ4v) is 1.58. The van der Waals surface area contributed by atoms with E-state index in [1.54, 1.807) is 12.1 Å². The van der Waals surface area contributed by atoms with Gasteiger partial charge in [0.2, 0.25) is 0 Å². The van der Waals surface area contributed by atoms with Gasteiger partial charge in [0, 0.05) is 5.69 Å². The lowest BCUT2D eigenvalue weighted by molar-refractivity contribution is -0.125. The van der Waals surface area contributed by atoms with Gasteiger partial charge in [-0.1, -0.05) is 18.2 Å². The summed E-state index contributed by atoms with van der Waals surface area (Å²) in [6.45, 7) is 1.41. The van der Waals surface area contributed by atoms with Crippen LogP contribution in [-0.4, -0.2) is 23.2 Å². The molecule has 0 spiro atoms. The van der Waals surface area contributed by atoms with Gasteiger partial charge in [0.25, 0.3) is 0 Å². The van der Waals surface area contributed by atoms with Crippen molar-refractivity contribution in [2.24, 2.45) is 5.73 Å².